The number of pyridine rings is 1. The Morgan fingerprint density at radius 1 is 1.21 bits per heavy atom. The summed E-state index contributed by atoms with van der Waals surface area (Å²) in [6.07, 6.45) is 2.63. The molecule has 1 aromatic heterocycles. The topological polar surface area (TPSA) is 54.5 Å². The third-order valence-electron chi connectivity index (χ3n) is 3.61. The fourth-order valence-electron chi connectivity index (χ4n) is 2.45. The van der Waals surface area contributed by atoms with Gasteiger partial charge in [0.05, 0.1) is 6.61 Å². The standard InChI is InChI=1S/C19H25N3O2/c1-3-24-19(23)17-11-7-12-20-18(17)21-13-8-14-22(2)15-16-9-5-4-6-10-16/h4-7,9-12H,3,8,13-15H2,1-2H3,(H,20,21). The third-order valence-corrected chi connectivity index (χ3v) is 3.61. The Bertz CT molecular complexity index is 632. The minimum atomic E-state index is -0.339. The molecule has 0 radical (unpaired) electrons. The number of carbonyl (C=O) groups excluding carboxylic acids is 1. The van der Waals surface area contributed by atoms with Gasteiger partial charge < -0.3 is 15.0 Å². The van der Waals surface area contributed by atoms with Crippen LogP contribution in [0.1, 0.15) is 29.3 Å². The number of nitrogens with zero attached hydrogens (tertiary/aromatic N) is 2. The molecule has 0 aliphatic carbocycles. The molecular formula is C19H25N3O2. The van der Waals surface area contributed by atoms with Crippen molar-refractivity contribution in [3.05, 3.63) is 59.8 Å². The largest absolute Gasteiger partial charge is 0.462 e. The maximum Gasteiger partial charge on any atom is 0.341 e. The second kappa shape index (κ2) is 9.67. The predicted molar refractivity (Wildman–Crippen MR) is 96.1 cm³/mol. The Morgan fingerprint density at radius 3 is 2.75 bits per heavy atom. The number of benzene rings is 1. The molecule has 1 N–H and O–H groups in total. The number of hydrogen-bond donors (Lipinski definition) is 1. The molecule has 2 aromatic rings. The molecule has 0 spiro atoms. The summed E-state index contributed by atoms with van der Waals surface area (Å²) in [6.45, 7) is 4.80. The van der Waals surface area contributed by atoms with Crippen LogP contribution >= 0.6 is 0 Å². The molecular weight excluding hydrogens is 302 g/mol. The summed E-state index contributed by atoms with van der Waals surface area (Å²) in [7, 11) is 2.11. The summed E-state index contributed by atoms with van der Waals surface area (Å²) in [5.74, 6) is 0.246. The molecule has 0 bridgehead atoms. The van der Waals surface area contributed by atoms with Gasteiger partial charge in [0.2, 0.25) is 0 Å². The summed E-state index contributed by atoms with van der Waals surface area (Å²) >= 11 is 0. The minimum absolute atomic E-state index is 0.339. The second-order valence-electron chi connectivity index (χ2n) is 5.62. The monoisotopic (exact) mass is 327 g/mol. The zero-order valence-electron chi connectivity index (χ0n) is 14.4. The van der Waals surface area contributed by atoms with Gasteiger partial charge in [-0.15, -0.1) is 0 Å². The molecule has 0 aliphatic heterocycles. The molecule has 0 atom stereocenters. The fraction of sp³-hybridized carbons (Fsp3) is 0.368. The van der Waals surface area contributed by atoms with Crippen molar-refractivity contribution in [1.29, 1.82) is 0 Å². The van der Waals surface area contributed by atoms with E-state index in [1.807, 2.05) is 6.07 Å². The molecule has 5 heteroatoms. The first-order valence-electron chi connectivity index (χ1n) is 8.29. The van der Waals surface area contributed by atoms with Crippen LogP contribution in [0.25, 0.3) is 0 Å². The normalized spacial score (nSPS) is 10.6. The molecule has 0 fully saturated rings. The lowest BCUT2D eigenvalue weighted by Crippen LogP contribution is -2.21. The molecule has 0 saturated heterocycles. The lowest BCUT2D eigenvalue weighted by molar-refractivity contribution is 0.0527. The Balaban J connectivity index is 1.77. The zero-order valence-corrected chi connectivity index (χ0v) is 14.4. The summed E-state index contributed by atoms with van der Waals surface area (Å²) in [5.41, 5.74) is 1.79. The average Bonchev–Trinajstić information content (AvgIpc) is 2.60. The van der Waals surface area contributed by atoms with Crippen LogP contribution in [0.15, 0.2) is 48.7 Å². The summed E-state index contributed by atoms with van der Waals surface area (Å²) in [6, 6.07) is 13.9. The van der Waals surface area contributed by atoms with Gasteiger partial charge in [-0.05, 0) is 44.6 Å². The minimum Gasteiger partial charge on any atom is -0.462 e. The molecule has 1 heterocycles. The molecule has 2 rings (SSSR count). The molecule has 0 aliphatic rings. The highest BCUT2D eigenvalue weighted by Gasteiger charge is 2.12. The lowest BCUT2D eigenvalue weighted by Gasteiger charge is -2.17. The van der Waals surface area contributed by atoms with Crippen molar-refractivity contribution in [2.75, 3.05) is 32.1 Å². The van der Waals surface area contributed by atoms with E-state index in [4.69, 9.17) is 4.74 Å². The van der Waals surface area contributed by atoms with Gasteiger partial charge >= 0.3 is 5.97 Å². The summed E-state index contributed by atoms with van der Waals surface area (Å²) in [4.78, 5) is 18.4. The van der Waals surface area contributed by atoms with E-state index >= 15 is 0 Å². The van der Waals surface area contributed by atoms with Gasteiger partial charge in [0.25, 0.3) is 0 Å². The van der Waals surface area contributed by atoms with Crippen molar-refractivity contribution >= 4 is 11.8 Å². The Kier molecular flexibility index (Phi) is 7.23. The van der Waals surface area contributed by atoms with E-state index in [-0.39, 0.29) is 5.97 Å². The zero-order chi connectivity index (χ0) is 17.2. The quantitative estimate of drug-likeness (QED) is 0.566. The van der Waals surface area contributed by atoms with E-state index in [0.717, 1.165) is 26.1 Å². The number of carbonyl (C=O) groups is 1. The van der Waals surface area contributed by atoms with E-state index in [1.54, 1.807) is 25.3 Å². The molecule has 0 amide bonds. The van der Waals surface area contributed by atoms with E-state index in [9.17, 15) is 4.79 Å². The van der Waals surface area contributed by atoms with E-state index in [2.05, 4.69) is 46.5 Å². The van der Waals surface area contributed by atoms with E-state index < -0.39 is 0 Å². The van der Waals surface area contributed by atoms with Crippen molar-refractivity contribution in [1.82, 2.24) is 9.88 Å². The number of ether oxygens (including phenoxy) is 1. The smallest absolute Gasteiger partial charge is 0.341 e. The van der Waals surface area contributed by atoms with Gasteiger partial charge in [-0.1, -0.05) is 30.3 Å². The number of nitrogens with one attached hydrogen (secondary N) is 1. The molecule has 128 valence electrons. The van der Waals surface area contributed by atoms with Crippen LogP contribution in [-0.4, -0.2) is 42.6 Å². The highest BCUT2D eigenvalue weighted by molar-refractivity contribution is 5.94. The molecule has 5 nitrogen and oxygen atoms in total. The number of aromatic nitrogens is 1. The molecule has 0 saturated carbocycles. The number of rotatable bonds is 9. The Morgan fingerprint density at radius 2 is 2.00 bits per heavy atom. The highest BCUT2D eigenvalue weighted by atomic mass is 16.5. The van der Waals surface area contributed by atoms with Gasteiger partial charge in [-0.3, -0.25) is 0 Å². The van der Waals surface area contributed by atoms with E-state index in [0.29, 0.717) is 18.0 Å². The first-order valence-corrected chi connectivity index (χ1v) is 8.29. The highest BCUT2D eigenvalue weighted by Crippen LogP contribution is 2.13. The summed E-state index contributed by atoms with van der Waals surface area (Å²) < 4.78 is 5.05. The van der Waals surface area contributed by atoms with Gasteiger partial charge in [-0.2, -0.15) is 0 Å². The first-order chi connectivity index (χ1) is 11.7. The fourth-order valence-corrected chi connectivity index (χ4v) is 2.45. The van der Waals surface area contributed by atoms with Crippen LogP contribution in [0.4, 0.5) is 5.82 Å². The van der Waals surface area contributed by atoms with Crippen molar-refractivity contribution < 1.29 is 9.53 Å². The van der Waals surface area contributed by atoms with Gasteiger partial charge in [0.1, 0.15) is 11.4 Å². The van der Waals surface area contributed by atoms with Crippen molar-refractivity contribution in [3.8, 4) is 0 Å². The van der Waals surface area contributed by atoms with Crippen LogP contribution in [0, 0.1) is 0 Å². The third kappa shape index (κ3) is 5.66. The number of anilines is 1. The number of hydrogen-bond acceptors (Lipinski definition) is 5. The SMILES string of the molecule is CCOC(=O)c1cccnc1NCCCN(C)Cc1ccccc1. The molecule has 24 heavy (non-hydrogen) atoms. The second-order valence-corrected chi connectivity index (χ2v) is 5.62. The maximum atomic E-state index is 11.9. The van der Waals surface area contributed by atoms with Gasteiger partial charge in [0.15, 0.2) is 0 Å². The lowest BCUT2D eigenvalue weighted by atomic mass is 10.2. The van der Waals surface area contributed by atoms with Crippen molar-refractivity contribution in [3.63, 3.8) is 0 Å². The van der Waals surface area contributed by atoms with Crippen LogP contribution < -0.4 is 5.32 Å². The predicted octanol–water partition coefficient (Wildman–Crippen LogP) is 3.19. The summed E-state index contributed by atoms with van der Waals surface area (Å²) in [5, 5.41) is 3.23. The van der Waals surface area contributed by atoms with Crippen LogP contribution in [0.3, 0.4) is 0 Å². The van der Waals surface area contributed by atoms with Crippen LogP contribution in [0.5, 0.6) is 0 Å². The van der Waals surface area contributed by atoms with Crippen LogP contribution in [-0.2, 0) is 11.3 Å². The molecule has 0 unspecified atom stereocenters. The number of esters is 1. The Hall–Kier alpha value is -2.40. The van der Waals surface area contributed by atoms with Crippen molar-refractivity contribution in [2.24, 2.45) is 0 Å². The first kappa shape index (κ1) is 17.9. The Labute approximate surface area is 143 Å². The molecule has 1 aromatic carbocycles. The van der Waals surface area contributed by atoms with E-state index in [1.165, 1.54) is 5.56 Å². The van der Waals surface area contributed by atoms with Gasteiger partial charge in [-0.25, -0.2) is 9.78 Å². The average molecular weight is 327 g/mol. The van der Waals surface area contributed by atoms with Gasteiger partial charge in [0, 0.05) is 19.3 Å². The van der Waals surface area contributed by atoms with Crippen molar-refractivity contribution in [2.45, 2.75) is 19.9 Å². The maximum absolute atomic E-state index is 11.9. The van der Waals surface area contributed by atoms with Crippen LogP contribution in [0.2, 0.25) is 0 Å².